The van der Waals surface area contributed by atoms with Gasteiger partial charge < -0.3 is 36.9 Å². The van der Waals surface area contributed by atoms with Crippen LogP contribution < -0.4 is 21.7 Å². The molecule has 0 saturated heterocycles. The molecule has 12 nitrogen and oxygen atoms in total. The van der Waals surface area contributed by atoms with Crippen molar-refractivity contribution in [2.45, 2.75) is 50.9 Å². The second kappa shape index (κ2) is 13.7. The van der Waals surface area contributed by atoms with E-state index in [1.165, 1.54) is 24.3 Å². The fourth-order valence-corrected chi connectivity index (χ4v) is 3.20. The molecule has 0 aliphatic rings. The van der Waals surface area contributed by atoms with Crippen molar-refractivity contribution >= 4 is 35.5 Å². The van der Waals surface area contributed by atoms with Crippen molar-refractivity contribution in [1.29, 1.82) is 0 Å². The van der Waals surface area contributed by atoms with Gasteiger partial charge in [0.1, 0.15) is 18.1 Å². The molecule has 0 saturated carbocycles. The zero-order valence-electron chi connectivity index (χ0n) is 18.3. The minimum absolute atomic E-state index is 0.0126. The van der Waals surface area contributed by atoms with Gasteiger partial charge in [-0.25, -0.2) is 9.78 Å². The summed E-state index contributed by atoms with van der Waals surface area (Å²) in [5.74, 6) is -3.10. The maximum absolute atomic E-state index is 12.8. The van der Waals surface area contributed by atoms with E-state index in [2.05, 4.69) is 25.9 Å². The Balaban J connectivity index is 2.92. The van der Waals surface area contributed by atoms with Crippen molar-refractivity contribution in [2.75, 3.05) is 18.6 Å². The maximum Gasteiger partial charge on any atom is 0.326 e. The maximum atomic E-state index is 12.8. The topological polar surface area (TPSA) is 200 Å². The van der Waals surface area contributed by atoms with Gasteiger partial charge in [0.2, 0.25) is 17.7 Å². The van der Waals surface area contributed by atoms with E-state index in [0.717, 1.165) is 0 Å². The summed E-state index contributed by atoms with van der Waals surface area (Å²) < 4.78 is 0. The first-order chi connectivity index (χ1) is 15.1. The summed E-state index contributed by atoms with van der Waals surface area (Å²) in [6.07, 6.45) is 5.10. The summed E-state index contributed by atoms with van der Waals surface area (Å²) in [6.45, 7) is 2.56. The van der Waals surface area contributed by atoms with E-state index in [9.17, 15) is 29.4 Å². The predicted molar refractivity (Wildman–Crippen MR) is 119 cm³/mol. The molecule has 13 heteroatoms. The minimum atomic E-state index is -1.33. The summed E-state index contributed by atoms with van der Waals surface area (Å²) in [5.41, 5.74) is 6.31. The number of thioether (sulfide) groups is 1. The van der Waals surface area contributed by atoms with Gasteiger partial charge in [0.15, 0.2) is 0 Å². The van der Waals surface area contributed by atoms with Crippen LogP contribution in [-0.2, 0) is 25.6 Å². The van der Waals surface area contributed by atoms with Gasteiger partial charge in [-0.2, -0.15) is 11.8 Å². The van der Waals surface area contributed by atoms with Crippen LogP contribution in [-0.4, -0.2) is 86.7 Å². The Kier molecular flexibility index (Phi) is 11.7. The molecule has 0 fully saturated rings. The molecule has 0 spiro atoms. The third kappa shape index (κ3) is 8.85. The van der Waals surface area contributed by atoms with Gasteiger partial charge in [-0.3, -0.25) is 14.4 Å². The van der Waals surface area contributed by atoms with Gasteiger partial charge in [0, 0.05) is 18.3 Å². The number of rotatable bonds is 14. The molecule has 1 aromatic rings. The normalized spacial score (nSPS) is 14.8. The lowest BCUT2D eigenvalue weighted by atomic mass is 10.0. The molecule has 0 aromatic carbocycles. The number of aliphatic hydroxyl groups excluding tert-OH is 1. The largest absolute Gasteiger partial charge is 0.480 e. The smallest absolute Gasteiger partial charge is 0.326 e. The number of carbonyl (C=O) groups is 4. The van der Waals surface area contributed by atoms with Crippen molar-refractivity contribution in [1.82, 2.24) is 25.9 Å². The lowest BCUT2D eigenvalue weighted by Gasteiger charge is -2.25. The number of aliphatic hydroxyl groups is 1. The number of nitrogens with two attached hydrogens (primary N) is 1. The standard InChI is InChI=1S/C19H32N6O6S/c1-10(2)15(19(30)31)25-17(28)13(6-11-7-21-9-22-11)23-18(29)14(8-26)24-16(27)12(20)4-5-32-3/h7,9-10,12-15,26H,4-6,8,20H2,1-3H3,(H,21,22)(H,23,29)(H,24,27)(H,25,28)(H,30,31). The molecule has 1 aromatic heterocycles. The number of carboxylic acids is 1. The van der Waals surface area contributed by atoms with Crippen LogP contribution in [0, 0.1) is 5.92 Å². The highest BCUT2D eigenvalue weighted by atomic mass is 32.2. The molecule has 0 aliphatic heterocycles. The number of hydrogen-bond acceptors (Lipinski definition) is 8. The lowest BCUT2D eigenvalue weighted by molar-refractivity contribution is -0.143. The van der Waals surface area contributed by atoms with E-state index >= 15 is 0 Å². The summed E-state index contributed by atoms with van der Waals surface area (Å²) in [7, 11) is 0. The van der Waals surface area contributed by atoms with Crippen LogP contribution in [0.25, 0.3) is 0 Å². The van der Waals surface area contributed by atoms with Gasteiger partial charge >= 0.3 is 5.97 Å². The number of nitrogens with zero attached hydrogens (tertiary/aromatic N) is 1. The van der Waals surface area contributed by atoms with E-state index in [4.69, 9.17) is 5.73 Å². The van der Waals surface area contributed by atoms with Gasteiger partial charge in [0.05, 0.1) is 19.0 Å². The van der Waals surface area contributed by atoms with Crippen LogP contribution >= 0.6 is 11.8 Å². The third-order valence-electron chi connectivity index (χ3n) is 4.63. The summed E-state index contributed by atoms with van der Waals surface area (Å²) in [5, 5.41) is 26.2. The molecular weight excluding hydrogens is 440 g/mol. The van der Waals surface area contributed by atoms with E-state index in [1.807, 2.05) is 6.26 Å². The molecule has 0 aliphatic carbocycles. The monoisotopic (exact) mass is 472 g/mol. The molecular formula is C19H32N6O6S. The molecule has 0 bridgehead atoms. The Morgan fingerprint density at radius 3 is 2.25 bits per heavy atom. The number of amides is 3. The van der Waals surface area contributed by atoms with Crippen LogP contribution in [0.4, 0.5) is 0 Å². The number of aromatic amines is 1. The number of imidazole rings is 1. The summed E-state index contributed by atoms with van der Waals surface area (Å²) in [6, 6.07) is -4.53. The fourth-order valence-electron chi connectivity index (χ4n) is 2.71. The number of carbonyl (C=O) groups excluding carboxylic acids is 3. The van der Waals surface area contributed by atoms with Crippen molar-refractivity contribution in [3.63, 3.8) is 0 Å². The van der Waals surface area contributed by atoms with Crippen LogP contribution in [0.1, 0.15) is 26.0 Å². The van der Waals surface area contributed by atoms with Crippen molar-refractivity contribution in [2.24, 2.45) is 11.7 Å². The Labute approximate surface area is 190 Å². The highest BCUT2D eigenvalue weighted by Crippen LogP contribution is 2.05. The second-order valence-corrected chi connectivity index (χ2v) is 8.53. The van der Waals surface area contributed by atoms with Crippen LogP contribution in [0.2, 0.25) is 0 Å². The number of H-pyrrole nitrogens is 1. The average Bonchev–Trinajstić information content (AvgIpc) is 3.25. The van der Waals surface area contributed by atoms with Crippen LogP contribution in [0.3, 0.4) is 0 Å². The van der Waals surface area contributed by atoms with Crippen LogP contribution in [0.5, 0.6) is 0 Å². The summed E-state index contributed by atoms with van der Waals surface area (Å²) in [4.78, 5) is 55.8. The number of hydrogen-bond donors (Lipinski definition) is 7. The molecule has 1 rings (SSSR count). The predicted octanol–water partition coefficient (Wildman–Crippen LogP) is -1.78. The Morgan fingerprint density at radius 1 is 1.12 bits per heavy atom. The molecule has 1 heterocycles. The highest BCUT2D eigenvalue weighted by Gasteiger charge is 2.31. The number of carboxylic acid groups (broad SMARTS) is 1. The van der Waals surface area contributed by atoms with Gasteiger partial charge in [-0.1, -0.05) is 13.8 Å². The molecule has 180 valence electrons. The first kappa shape index (κ1) is 27.4. The first-order valence-electron chi connectivity index (χ1n) is 10.1. The van der Waals surface area contributed by atoms with E-state index in [0.29, 0.717) is 17.9 Å². The molecule has 3 amide bonds. The zero-order chi connectivity index (χ0) is 24.3. The highest BCUT2D eigenvalue weighted by molar-refractivity contribution is 7.98. The zero-order valence-corrected chi connectivity index (χ0v) is 19.1. The van der Waals surface area contributed by atoms with Crippen molar-refractivity contribution in [3.05, 3.63) is 18.2 Å². The van der Waals surface area contributed by atoms with Crippen molar-refractivity contribution < 1.29 is 29.4 Å². The molecule has 0 radical (unpaired) electrons. The SMILES string of the molecule is CSCCC(N)C(=O)NC(CO)C(=O)NC(Cc1cnc[nH]1)C(=O)NC(C(=O)O)C(C)C. The number of nitrogens with one attached hydrogen (secondary N) is 4. The average molecular weight is 473 g/mol. The third-order valence-corrected chi connectivity index (χ3v) is 5.27. The van der Waals surface area contributed by atoms with E-state index < -0.39 is 60.4 Å². The van der Waals surface area contributed by atoms with Gasteiger partial charge in [-0.05, 0) is 24.3 Å². The fraction of sp³-hybridized carbons (Fsp3) is 0.632. The Bertz CT molecular complexity index is 759. The van der Waals surface area contributed by atoms with Gasteiger partial charge in [0.25, 0.3) is 0 Å². The molecule has 4 unspecified atom stereocenters. The molecule has 32 heavy (non-hydrogen) atoms. The van der Waals surface area contributed by atoms with Gasteiger partial charge in [-0.15, -0.1) is 0 Å². The lowest BCUT2D eigenvalue weighted by Crippen LogP contribution is -2.59. The summed E-state index contributed by atoms with van der Waals surface area (Å²) >= 11 is 1.52. The van der Waals surface area contributed by atoms with E-state index in [-0.39, 0.29) is 6.42 Å². The number of aromatic nitrogens is 2. The van der Waals surface area contributed by atoms with Crippen molar-refractivity contribution in [3.8, 4) is 0 Å². The second-order valence-electron chi connectivity index (χ2n) is 7.54. The Hall–Kier alpha value is -2.64. The molecule has 8 N–H and O–H groups in total. The Morgan fingerprint density at radius 2 is 1.75 bits per heavy atom. The molecule has 4 atom stereocenters. The van der Waals surface area contributed by atoms with Crippen LogP contribution in [0.15, 0.2) is 12.5 Å². The minimum Gasteiger partial charge on any atom is -0.480 e. The first-order valence-corrected chi connectivity index (χ1v) is 11.5. The number of aliphatic carboxylic acids is 1. The van der Waals surface area contributed by atoms with E-state index in [1.54, 1.807) is 13.8 Å². The quantitative estimate of drug-likeness (QED) is 0.163.